The summed E-state index contributed by atoms with van der Waals surface area (Å²) < 4.78 is 37.5. The number of benzene rings is 1. The molecule has 0 unspecified atom stereocenters. The first kappa shape index (κ1) is 8.90. The quantitative estimate of drug-likeness (QED) is 0.591. The first-order valence-electron chi connectivity index (χ1n) is 3.34. The molecular weight excluding hydrogens is 167 g/mol. The van der Waals surface area contributed by atoms with Crippen molar-refractivity contribution < 1.29 is 13.2 Å². The fraction of sp³-hybridized carbons (Fsp3) is 0.250. The molecule has 0 aliphatic rings. The van der Waals surface area contributed by atoms with Crippen LogP contribution < -0.4 is 4.90 Å². The summed E-state index contributed by atoms with van der Waals surface area (Å²) in [6.07, 6.45) is 0. The molecule has 1 aromatic rings. The molecule has 4 heteroatoms. The lowest BCUT2D eigenvalue weighted by atomic mass is 10.3. The molecule has 0 amide bonds. The van der Waals surface area contributed by atoms with Gasteiger partial charge < -0.3 is 4.90 Å². The van der Waals surface area contributed by atoms with Crippen LogP contribution in [0.15, 0.2) is 12.1 Å². The second kappa shape index (κ2) is 3.05. The van der Waals surface area contributed by atoms with Crippen molar-refractivity contribution in [3.8, 4) is 0 Å². The second-order valence-corrected chi connectivity index (χ2v) is 2.62. The lowest BCUT2D eigenvalue weighted by Gasteiger charge is -2.12. The number of rotatable bonds is 1. The van der Waals surface area contributed by atoms with Crippen LogP contribution in [0.4, 0.5) is 18.9 Å². The molecule has 0 radical (unpaired) electrons. The Kier molecular flexibility index (Phi) is 2.26. The topological polar surface area (TPSA) is 3.24 Å². The molecule has 0 saturated heterocycles. The van der Waals surface area contributed by atoms with Gasteiger partial charge in [0.2, 0.25) is 0 Å². The van der Waals surface area contributed by atoms with Gasteiger partial charge in [-0.25, -0.2) is 13.2 Å². The summed E-state index contributed by atoms with van der Waals surface area (Å²) in [5, 5.41) is 0. The van der Waals surface area contributed by atoms with Gasteiger partial charge in [-0.15, -0.1) is 0 Å². The molecule has 1 aromatic carbocycles. The van der Waals surface area contributed by atoms with Gasteiger partial charge in [0.1, 0.15) is 0 Å². The Morgan fingerprint density at radius 1 is 1.00 bits per heavy atom. The molecular formula is C8H8F3N. The summed E-state index contributed by atoms with van der Waals surface area (Å²) in [4.78, 5) is 1.49. The van der Waals surface area contributed by atoms with Gasteiger partial charge in [-0.3, -0.25) is 0 Å². The van der Waals surface area contributed by atoms with Crippen molar-refractivity contribution in [1.82, 2.24) is 0 Å². The maximum atomic E-state index is 12.6. The van der Waals surface area contributed by atoms with Gasteiger partial charge in [0.25, 0.3) is 0 Å². The predicted octanol–water partition coefficient (Wildman–Crippen LogP) is 2.17. The molecule has 1 rings (SSSR count). The zero-order valence-corrected chi connectivity index (χ0v) is 6.74. The van der Waals surface area contributed by atoms with Crippen LogP contribution in [-0.4, -0.2) is 14.1 Å². The molecule has 0 fully saturated rings. The summed E-state index contributed by atoms with van der Waals surface area (Å²) in [6.45, 7) is 0. The molecule has 0 bridgehead atoms. The third-order valence-electron chi connectivity index (χ3n) is 1.48. The van der Waals surface area contributed by atoms with Crippen LogP contribution in [0.3, 0.4) is 0 Å². The minimum absolute atomic E-state index is 0.298. The predicted molar refractivity (Wildman–Crippen MR) is 40.6 cm³/mol. The number of anilines is 1. The highest BCUT2D eigenvalue weighted by Crippen LogP contribution is 2.18. The van der Waals surface area contributed by atoms with Crippen molar-refractivity contribution >= 4 is 5.69 Å². The largest absolute Gasteiger partial charge is 0.377 e. The summed E-state index contributed by atoms with van der Waals surface area (Å²) in [5.41, 5.74) is 0.298. The maximum Gasteiger partial charge on any atom is 0.194 e. The van der Waals surface area contributed by atoms with Crippen molar-refractivity contribution in [2.75, 3.05) is 19.0 Å². The van der Waals surface area contributed by atoms with E-state index in [0.717, 1.165) is 12.1 Å². The highest BCUT2D eigenvalue weighted by atomic mass is 19.2. The number of nitrogens with zero attached hydrogens (tertiary/aromatic N) is 1. The molecule has 0 aromatic heterocycles. The van der Waals surface area contributed by atoms with E-state index in [2.05, 4.69) is 0 Å². The van der Waals surface area contributed by atoms with Crippen molar-refractivity contribution in [1.29, 1.82) is 0 Å². The average molecular weight is 175 g/mol. The zero-order valence-electron chi connectivity index (χ0n) is 6.74. The van der Waals surface area contributed by atoms with Gasteiger partial charge in [0.15, 0.2) is 17.5 Å². The molecule has 0 N–H and O–H groups in total. The highest BCUT2D eigenvalue weighted by molar-refractivity contribution is 5.45. The highest BCUT2D eigenvalue weighted by Gasteiger charge is 2.10. The van der Waals surface area contributed by atoms with E-state index < -0.39 is 17.5 Å². The van der Waals surface area contributed by atoms with Crippen LogP contribution in [0.25, 0.3) is 0 Å². The Bertz CT molecular complexity index is 273. The van der Waals surface area contributed by atoms with Crippen LogP contribution >= 0.6 is 0 Å². The Morgan fingerprint density at radius 3 is 1.75 bits per heavy atom. The second-order valence-electron chi connectivity index (χ2n) is 2.62. The van der Waals surface area contributed by atoms with Crippen molar-refractivity contribution in [2.45, 2.75) is 0 Å². The van der Waals surface area contributed by atoms with Crippen LogP contribution in [-0.2, 0) is 0 Å². The van der Waals surface area contributed by atoms with Gasteiger partial charge in [0.05, 0.1) is 0 Å². The first-order chi connectivity index (χ1) is 5.52. The summed E-state index contributed by atoms with van der Waals surface area (Å²) >= 11 is 0. The molecule has 0 saturated carbocycles. The molecule has 0 atom stereocenters. The number of halogens is 3. The van der Waals surface area contributed by atoms with Crippen molar-refractivity contribution in [3.63, 3.8) is 0 Å². The summed E-state index contributed by atoms with van der Waals surface area (Å²) in [7, 11) is 3.23. The fourth-order valence-electron chi connectivity index (χ4n) is 0.800. The first-order valence-corrected chi connectivity index (χ1v) is 3.34. The van der Waals surface area contributed by atoms with Crippen molar-refractivity contribution in [3.05, 3.63) is 29.6 Å². The molecule has 0 aliphatic heterocycles. The van der Waals surface area contributed by atoms with E-state index in [4.69, 9.17) is 0 Å². The van der Waals surface area contributed by atoms with E-state index in [1.165, 1.54) is 4.90 Å². The molecule has 0 heterocycles. The van der Waals surface area contributed by atoms with Crippen LogP contribution in [0.2, 0.25) is 0 Å². The molecule has 0 spiro atoms. The van der Waals surface area contributed by atoms with Gasteiger partial charge in [-0.1, -0.05) is 0 Å². The van der Waals surface area contributed by atoms with Crippen LogP contribution in [0.5, 0.6) is 0 Å². The minimum atomic E-state index is -1.43. The van der Waals surface area contributed by atoms with Gasteiger partial charge in [0, 0.05) is 31.9 Å². The normalized spacial score (nSPS) is 10.1. The number of hydrogen-bond donors (Lipinski definition) is 0. The summed E-state index contributed by atoms with van der Waals surface area (Å²) in [6, 6.07) is 1.89. The lowest BCUT2D eigenvalue weighted by molar-refractivity contribution is 0.447. The minimum Gasteiger partial charge on any atom is -0.377 e. The molecule has 66 valence electrons. The van der Waals surface area contributed by atoms with Gasteiger partial charge >= 0.3 is 0 Å². The van der Waals surface area contributed by atoms with Crippen LogP contribution in [0, 0.1) is 17.5 Å². The smallest absolute Gasteiger partial charge is 0.194 e. The lowest BCUT2D eigenvalue weighted by Crippen LogP contribution is -2.10. The Labute approximate surface area is 68.4 Å². The monoisotopic (exact) mass is 175 g/mol. The van der Waals surface area contributed by atoms with Crippen molar-refractivity contribution in [2.24, 2.45) is 0 Å². The van der Waals surface area contributed by atoms with Gasteiger partial charge in [-0.2, -0.15) is 0 Å². The fourth-order valence-corrected chi connectivity index (χ4v) is 0.800. The summed E-state index contributed by atoms with van der Waals surface area (Å²) in [5.74, 6) is -3.77. The maximum absolute atomic E-state index is 12.6. The zero-order chi connectivity index (χ0) is 9.30. The van der Waals surface area contributed by atoms with E-state index >= 15 is 0 Å². The third kappa shape index (κ3) is 1.52. The number of hydrogen-bond acceptors (Lipinski definition) is 1. The Balaban J connectivity index is 3.21. The Hall–Kier alpha value is -1.19. The average Bonchev–Trinajstić information content (AvgIpc) is 1.99. The van der Waals surface area contributed by atoms with E-state index in [1.54, 1.807) is 14.1 Å². The van der Waals surface area contributed by atoms with Gasteiger partial charge in [-0.05, 0) is 0 Å². The standard InChI is InChI=1S/C8H8F3N/c1-12(2)5-3-6(9)8(11)7(10)4-5/h3-4H,1-2H3. The molecule has 0 aliphatic carbocycles. The molecule has 12 heavy (non-hydrogen) atoms. The van der Waals surface area contributed by atoms with E-state index in [9.17, 15) is 13.2 Å². The van der Waals surface area contributed by atoms with E-state index in [-0.39, 0.29) is 0 Å². The van der Waals surface area contributed by atoms with Crippen LogP contribution in [0.1, 0.15) is 0 Å². The third-order valence-corrected chi connectivity index (χ3v) is 1.48. The SMILES string of the molecule is CN(C)c1cc(F)c(F)c(F)c1. The van der Waals surface area contributed by atoms with E-state index in [0.29, 0.717) is 5.69 Å². The molecule has 1 nitrogen and oxygen atoms in total. The van der Waals surface area contributed by atoms with E-state index in [1.807, 2.05) is 0 Å². The Morgan fingerprint density at radius 2 is 1.42 bits per heavy atom.